The Kier molecular flexibility index (Phi) is 5.31. The minimum Gasteiger partial charge on any atom is -0.387 e. The van der Waals surface area contributed by atoms with Crippen LogP contribution >= 0.6 is 0 Å². The van der Waals surface area contributed by atoms with Gasteiger partial charge in [-0.1, -0.05) is 29.4 Å². The molecule has 1 amide bonds. The monoisotopic (exact) mass is 459 g/mol. The van der Waals surface area contributed by atoms with Gasteiger partial charge in [-0.25, -0.2) is 0 Å². The van der Waals surface area contributed by atoms with Gasteiger partial charge >= 0.3 is 0 Å². The Hall–Kier alpha value is -3.14. The molecule has 0 radical (unpaired) electrons. The number of hydrogen-bond donors (Lipinski definition) is 2. The Balaban J connectivity index is 1.45. The maximum atomic E-state index is 12.3. The molecule has 0 aliphatic heterocycles. The largest absolute Gasteiger partial charge is 0.387 e. The predicted octanol–water partition coefficient (Wildman–Crippen LogP) is 4.17. The van der Waals surface area contributed by atoms with E-state index in [1.54, 1.807) is 0 Å². The molecule has 1 aromatic heterocycles. The second-order valence-electron chi connectivity index (χ2n) is 11.1. The van der Waals surface area contributed by atoms with Crippen LogP contribution in [0.1, 0.15) is 62.5 Å². The minimum atomic E-state index is -0.692. The number of amides is 1. The topological polar surface area (TPSA) is 131 Å². The molecule has 34 heavy (non-hydrogen) atoms. The molecular weight excluding hydrogens is 426 g/mol. The highest BCUT2D eigenvalue weighted by Gasteiger charge is 2.58. The molecule has 3 atom stereocenters. The zero-order valence-electron chi connectivity index (χ0n) is 20.2. The summed E-state index contributed by atoms with van der Waals surface area (Å²) in [6.45, 7) is 5.83. The number of aryl methyl sites for hydroxylation is 2. The maximum Gasteiger partial charge on any atom is 0.223 e. The number of rotatable bonds is 6. The zero-order chi connectivity index (χ0) is 24.3. The van der Waals surface area contributed by atoms with E-state index in [2.05, 4.69) is 11.2 Å². The summed E-state index contributed by atoms with van der Waals surface area (Å²) in [4.78, 5) is 17.4. The highest BCUT2D eigenvalue weighted by Crippen LogP contribution is 2.60. The van der Waals surface area contributed by atoms with Crippen LogP contribution in [0.3, 0.4) is 0 Å². The standard InChI is InChI=1S/C27H33N5O2/c1-15-22(16(2)34-32-15)18-4-6-21(7-5-18)26(3,8-9-28)24(29)31-23-19-10-17-11-20(23)14-27(12-17,13-19)25(30)33/h4-7,17,19-20,23H,8,10-14H2,1-3H3,(H2,29,31)(H2,30,33). The number of amidine groups is 1. The Bertz CT molecular complexity index is 1160. The van der Waals surface area contributed by atoms with Crippen molar-refractivity contribution in [3.63, 3.8) is 0 Å². The number of benzene rings is 1. The van der Waals surface area contributed by atoms with Crippen molar-refractivity contribution in [2.45, 2.75) is 70.8 Å². The Morgan fingerprint density at radius 2 is 1.85 bits per heavy atom. The molecule has 4 fully saturated rings. The van der Waals surface area contributed by atoms with Gasteiger partial charge in [0.05, 0.1) is 29.6 Å². The third-order valence-electron chi connectivity index (χ3n) is 8.88. The summed E-state index contributed by atoms with van der Waals surface area (Å²) in [6.07, 6.45) is 4.99. The molecule has 3 unspecified atom stereocenters. The van der Waals surface area contributed by atoms with Crippen LogP contribution in [-0.4, -0.2) is 22.9 Å². The maximum absolute atomic E-state index is 12.3. The van der Waals surface area contributed by atoms with E-state index in [-0.39, 0.29) is 23.8 Å². The normalized spacial score (nSPS) is 31.8. The quantitative estimate of drug-likeness (QED) is 0.494. The van der Waals surface area contributed by atoms with Crippen molar-refractivity contribution in [3.8, 4) is 17.2 Å². The average Bonchev–Trinajstić information content (AvgIpc) is 3.13. The molecule has 4 N–H and O–H groups in total. The van der Waals surface area contributed by atoms with Gasteiger partial charge in [-0.05, 0) is 81.8 Å². The molecule has 0 saturated heterocycles. The summed E-state index contributed by atoms with van der Waals surface area (Å²) in [5, 5.41) is 13.7. The molecule has 2 aromatic rings. The first-order valence-electron chi connectivity index (χ1n) is 12.2. The van der Waals surface area contributed by atoms with Crippen LogP contribution in [-0.2, 0) is 10.2 Å². The number of aliphatic imine (C=N–C) groups is 1. The van der Waals surface area contributed by atoms with E-state index in [0.717, 1.165) is 60.2 Å². The van der Waals surface area contributed by atoms with Gasteiger partial charge in [0.15, 0.2) is 0 Å². The minimum absolute atomic E-state index is 0.101. The van der Waals surface area contributed by atoms with Crippen molar-refractivity contribution in [2.24, 2.45) is 39.6 Å². The van der Waals surface area contributed by atoms with Gasteiger partial charge in [0.2, 0.25) is 5.91 Å². The zero-order valence-corrected chi connectivity index (χ0v) is 20.2. The lowest BCUT2D eigenvalue weighted by atomic mass is 9.47. The second-order valence-corrected chi connectivity index (χ2v) is 11.1. The van der Waals surface area contributed by atoms with Crippen molar-refractivity contribution in [3.05, 3.63) is 41.3 Å². The number of nitriles is 1. The van der Waals surface area contributed by atoms with Crippen LogP contribution in [0.15, 0.2) is 33.8 Å². The number of hydrogen-bond acceptors (Lipinski definition) is 5. The predicted molar refractivity (Wildman–Crippen MR) is 130 cm³/mol. The third kappa shape index (κ3) is 3.43. The molecule has 0 spiro atoms. The van der Waals surface area contributed by atoms with Crippen LogP contribution in [0, 0.1) is 48.3 Å². The van der Waals surface area contributed by atoms with Crippen molar-refractivity contribution in [1.29, 1.82) is 5.26 Å². The lowest BCUT2D eigenvalue weighted by molar-refractivity contribution is -0.144. The summed E-state index contributed by atoms with van der Waals surface area (Å²) in [7, 11) is 0. The molecule has 1 heterocycles. The molecule has 178 valence electrons. The van der Waals surface area contributed by atoms with Crippen molar-refractivity contribution in [1.82, 2.24) is 5.16 Å². The first kappa shape index (κ1) is 22.6. The highest BCUT2D eigenvalue weighted by atomic mass is 16.5. The molecule has 6 rings (SSSR count). The van der Waals surface area contributed by atoms with E-state index in [4.69, 9.17) is 21.0 Å². The number of carbonyl (C=O) groups excluding carboxylic acids is 1. The second kappa shape index (κ2) is 7.97. The highest BCUT2D eigenvalue weighted by molar-refractivity contribution is 5.92. The van der Waals surface area contributed by atoms with Crippen LogP contribution < -0.4 is 11.5 Å². The van der Waals surface area contributed by atoms with E-state index < -0.39 is 5.41 Å². The van der Waals surface area contributed by atoms with Crippen LogP contribution in [0.4, 0.5) is 0 Å². The molecule has 7 heteroatoms. The first-order valence-corrected chi connectivity index (χ1v) is 12.2. The summed E-state index contributed by atoms with van der Waals surface area (Å²) in [5.74, 6) is 2.39. The van der Waals surface area contributed by atoms with Crippen molar-refractivity contribution >= 4 is 11.7 Å². The van der Waals surface area contributed by atoms with Crippen molar-refractivity contribution < 1.29 is 9.32 Å². The summed E-state index contributed by atoms with van der Waals surface area (Å²) in [6, 6.07) is 10.5. The van der Waals surface area contributed by atoms with Crippen LogP contribution in [0.5, 0.6) is 0 Å². The number of nitrogens with zero attached hydrogens (tertiary/aromatic N) is 3. The van der Waals surface area contributed by atoms with Crippen LogP contribution in [0.2, 0.25) is 0 Å². The smallest absolute Gasteiger partial charge is 0.223 e. The van der Waals surface area contributed by atoms with Gasteiger partial charge < -0.3 is 16.0 Å². The molecule has 4 bridgehead atoms. The van der Waals surface area contributed by atoms with Crippen LogP contribution in [0.25, 0.3) is 11.1 Å². The lowest BCUT2D eigenvalue weighted by Gasteiger charge is -2.57. The summed E-state index contributed by atoms with van der Waals surface area (Å²) >= 11 is 0. The molecular formula is C27H33N5O2. The third-order valence-corrected chi connectivity index (χ3v) is 8.88. The number of primary amides is 1. The average molecular weight is 460 g/mol. The Morgan fingerprint density at radius 1 is 1.21 bits per heavy atom. The number of carbonyl (C=O) groups is 1. The van der Waals surface area contributed by atoms with E-state index in [1.807, 2.05) is 45.0 Å². The van der Waals surface area contributed by atoms with Gasteiger partial charge in [-0.15, -0.1) is 0 Å². The van der Waals surface area contributed by atoms with Gasteiger partial charge in [-0.2, -0.15) is 5.26 Å². The van der Waals surface area contributed by atoms with E-state index >= 15 is 0 Å². The first-order chi connectivity index (χ1) is 16.2. The fraction of sp³-hybridized carbons (Fsp3) is 0.556. The molecule has 4 aliphatic carbocycles. The SMILES string of the molecule is Cc1noc(C)c1-c1ccc(C(C)(CC#N)C(N)=NC2C3CC4CC2CC(C(N)=O)(C4)C3)cc1. The van der Waals surface area contributed by atoms with E-state index in [1.165, 1.54) is 0 Å². The number of aromatic nitrogens is 1. The van der Waals surface area contributed by atoms with E-state index in [0.29, 0.717) is 23.6 Å². The molecule has 1 aromatic carbocycles. The molecule has 7 nitrogen and oxygen atoms in total. The summed E-state index contributed by atoms with van der Waals surface area (Å²) in [5.41, 5.74) is 15.3. The summed E-state index contributed by atoms with van der Waals surface area (Å²) < 4.78 is 5.32. The fourth-order valence-corrected chi connectivity index (χ4v) is 7.21. The number of nitrogens with two attached hydrogens (primary N) is 2. The van der Waals surface area contributed by atoms with Gasteiger partial charge in [0, 0.05) is 11.0 Å². The Morgan fingerprint density at radius 3 is 2.38 bits per heavy atom. The lowest BCUT2D eigenvalue weighted by Crippen LogP contribution is -2.57. The van der Waals surface area contributed by atoms with Gasteiger partial charge in [0.25, 0.3) is 0 Å². The fourth-order valence-electron chi connectivity index (χ4n) is 7.21. The Labute approximate surface area is 200 Å². The molecule has 4 aliphatic rings. The van der Waals surface area contributed by atoms with Gasteiger partial charge in [-0.3, -0.25) is 9.79 Å². The van der Waals surface area contributed by atoms with E-state index in [9.17, 15) is 10.1 Å². The molecule has 4 saturated carbocycles. The van der Waals surface area contributed by atoms with Crippen molar-refractivity contribution in [2.75, 3.05) is 0 Å². The van der Waals surface area contributed by atoms with Gasteiger partial charge in [0.1, 0.15) is 11.6 Å².